The molecule has 0 aliphatic carbocycles. The van der Waals surface area contributed by atoms with Crippen molar-refractivity contribution in [2.24, 2.45) is 0 Å². The van der Waals surface area contributed by atoms with E-state index < -0.39 is 0 Å². The van der Waals surface area contributed by atoms with Crippen LogP contribution in [0.5, 0.6) is 0 Å². The Bertz CT molecular complexity index is 2480. The van der Waals surface area contributed by atoms with Crippen LogP contribution in [-0.2, 0) is 0 Å². The second-order valence-electron chi connectivity index (χ2n) is 11.7. The van der Waals surface area contributed by atoms with Crippen LogP contribution in [0, 0.1) is 0 Å². The first kappa shape index (κ1) is 27.0. The lowest BCUT2D eigenvalue weighted by Gasteiger charge is -2.25. The molecule has 0 aliphatic heterocycles. The van der Waals surface area contributed by atoms with Crippen LogP contribution in [0.1, 0.15) is 0 Å². The number of para-hydroxylation sites is 4. The van der Waals surface area contributed by atoms with E-state index in [1.165, 1.54) is 32.9 Å². The lowest BCUT2D eigenvalue weighted by molar-refractivity contribution is 0.620. The van der Waals surface area contributed by atoms with Crippen molar-refractivity contribution in [2.75, 3.05) is 4.90 Å². The topological polar surface area (TPSA) is 34.2 Å². The molecule has 4 nitrogen and oxygen atoms in total. The predicted molar refractivity (Wildman–Crippen MR) is 194 cm³/mol. The third-order valence-corrected chi connectivity index (χ3v) is 8.81. The number of nitrogens with zero attached hydrogens (tertiary/aromatic N) is 3. The fourth-order valence-corrected chi connectivity index (χ4v) is 6.61. The summed E-state index contributed by atoms with van der Waals surface area (Å²) in [4.78, 5) is 7.01. The van der Waals surface area contributed by atoms with Crippen LogP contribution < -0.4 is 4.90 Å². The second kappa shape index (κ2) is 11.2. The smallest absolute Gasteiger partial charge is 0.227 e. The molecule has 0 aliphatic rings. The zero-order valence-corrected chi connectivity index (χ0v) is 25.5. The number of anilines is 3. The fourth-order valence-electron chi connectivity index (χ4n) is 6.61. The Morgan fingerprint density at radius 3 is 1.94 bits per heavy atom. The summed E-state index contributed by atoms with van der Waals surface area (Å²) < 4.78 is 8.43. The summed E-state index contributed by atoms with van der Waals surface area (Å²) in [6.45, 7) is 0. The summed E-state index contributed by atoms with van der Waals surface area (Å²) in [5.41, 5.74) is 11.7. The summed E-state index contributed by atoms with van der Waals surface area (Å²) in [6.07, 6.45) is 0. The Hall–Kier alpha value is -6.39. The molecule has 9 rings (SSSR count). The van der Waals surface area contributed by atoms with Crippen LogP contribution in [0.15, 0.2) is 180 Å². The number of benzene rings is 7. The highest BCUT2D eigenvalue weighted by molar-refractivity contribution is 6.10. The molecule has 0 radical (unpaired) electrons. The lowest BCUT2D eigenvalue weighted by atomic mass is 10.1. The monoisotopic (exact) mass is 603 g/mol. The van der Waals surface area contributed by atoms with Gasteiger partial charge in [-0.1, -0.05) is 91.0 Å². The molecule has 4 heteroatoms. The predicted octanol–water partition coefficient (Wildman–Crippen LogP) is 11.7. The molecule has 0 N–H and O–H groups in total. The summed E-state index contributed by atoms with van der Waals surface area (Å²) in [6, 6.07) is 61.7. The summed E-state index contributed by atoms with van der Waals surface area (Å²) in [7, 11) is 0. The zero-order valence-electron chi connectivity index (χ0n) is 25.5. The van der Waals surface area contributed by atoms with E-state index in [1.807, 2.05) is 24.3 Å². The van der Waals surface area contributed by atoms with E-state index in [-0.39, 0.29) is 0 Å². The largest absolute Gasteiger partial charge is 0.436 e. The molecule has 47 heavy (non-hydrogen) atoms. The van der Waals surface area contributed by atoms with Crippen LogP contribution >= 0.6 is 0 Å². The van der Waals surface area contributed by atoms with Gasteiger partial charge < -0.3 is 13.9 Å². The van der Waals surface area contributed by atoms with Gasteiger partial charge >= 0.3 is 0 Å². The van der Waals surface area contributed by atoms with Gasteiger partial charge in [0, 0.05) is 39.1 Å². The molecule has 0 unspecified atom stereocenters. The van der Waals surface area contributed by atoms with Gasteiger partial charge in [0.25, 0.3) is 0 Å². The Kier molecular flexibility index (Phi) is 6.43. The van der Waals surface area contributed by atoms with Crippen molar-refractivity contribution in [3.63, 3.8) is 0 Å². The first-order valence-corrected chi connectivity index (χ1v) is 15.8. The van der Waals surface area contributed by atoms with Crippen LogP contribution in [0.3, 0.4) is 0 Å². The Balaban J connectivity index is 1.17. The molecule has 0 saturated carbocycles. The van der Waals surface area contributed by atoms with Crippen molar-refractivity contribution in [1.29, 1.82) is 0 Å². The highest BCUT2D eigenvalue weighted by Gasteiger charge is 2.18. The van der Waals surface area contributed by atoms with Gasteiger partial charge in [-0.3, -0.25) is 0 Å². The molecular weight excluding hydrogens is 574 g/mol. The van der Waals surface area contributed by atoms with Crippen molar-refractivity contribution in [2.45, 2.75) is 0 Å². The van der Waals surface area contributed by atoms with Gasteiger partial charge in [-0.15, -0.1) is 0 Å². The molecular formula is C43H29N3O. The highest BCUT2D eigenvalue weighted by Crippen LogP contribution is 2.40. The number of hydrogen-bond acceptors (Lipinski definition) is 3. The van der Waals surface area contributed by atoms with Gasteiger partial charge in [-0.2, -0.15) is 0 Å². The van der Waals surface area contributed by atoms with Crippen molar-refractivity contribution in [1.82, 2.24) is 9.55 Å². The van der Waals surface area contributed by atoms with Gasteiger partial charge in [-0.05, 0) is 96.1 Å². The van der Waals surface area contributed by atoms with Crippen molar-refractivity contribution in [3.8, 4) is 28.3 Å². The van der Waals surface area contributed by atoms with E-state index >= 15 is 0 Å². The number of hydrogen-bond donors (Lipinski definition) is 0. The molecule has 0 atom stereocenters. The average molecular weight is 604 g/mol. The van der Waals surface area contributed by atoms with E-state index in [4.69, 9.17) is 9.40 Å². The maximum Gasteiger partial charge on any atom is 0.227 e. The maximum absolute atomic E-state index is 6.06. The van der Waals surface area contributed by atoms with Gasteiger partial charge in [-0.25, -0.2) is 4.98 Å². The maximum atomic E-state index is 6.06. The van der Waals surface area contributed by atoms with Crippen molar-refractivity contribution >= 4 is 50.0 Å². The van der Waals surface area contributed by atoms with Gasteiger partial charge in [0.15, 0.2) is 5.58 Å². The molecule has 9 aromatic rings. The number of aromatic nitrogens is 2. The van der Waals surface area contributed by atoms with Crippen LogP contribution in [0.25, 0.3) is 61.2 Å². The quantitative estimate of drug-likeness (QED) is 0.190. The van der Waals surface area contributed by atoms with E-state index in [1.54, 1.807) is 0 Å². The summed E-state index contributed by atoms with van der Waals surface area (Å²) in [5, 5.41) is 2.42. The van der Waals surface area contributed by atoms with Gasteiger partial charge in [0.1, 0.15) is 5.52 Å². The highest BCUT2D eigenvalue weighted by atomic mass is 16.3. The molecule has 2 heterocycles. The Labute approximate surface area is 272 Å². The van der Waals surface area contributed by atoms with Crippen molar-refractivity contribution < 1.29 is 4.42 Å². The van der Waals surface area contributed by atoms with Crippen molar-refractivity contribution in [3.05, 3.63) is 176 Å². The van der Waals surface area contributed by atoms with Gasteiger partial charge in [0.05, 0.1) is 11.0 Å². The molecule has 2 aromatic heterocycles. The normalized spacial score (nSPS) is 11.4. The minimum absolute atomic E-state index is 0.620. The number of oxazole rings is 1. The number of rotatable bonds is 6. The number of fused-ring (bicyclic) bond motifs is 4. The zero-order chi connectivity index (χ0) is 31.2. The average Bonchev–Trinajstić information content (AvgIpc) is 3.73. The molecule has 0 fully saturated rings. The SMILES string of the molecule is c1ccc(-c2cccc(-n3c4ccccc4c4cc(N(c5ccccc5)c5ccc(-c6nc7ccccc7o6)cc5)ccc43)c2)cc1. The van der Waals surface area contributed by atoms with Crippen LogP contribution in [-0.4, -0.2) is 9.55 Å². The lowest BCUT2D eigenvalue weighted by Crippen LogP contribution is -2.09. The molecule has 0 bridgehead atoms. The molecule has 0 spiro atoms. The minimum Gasteiger partial charge on any atom is -0.436 e. The van der Waals surface area contributed by atoms with E-state index in [9.17, 15) is 0 Å². The van der Waals surface area contributed by atoms with E-state index in [2.05, 4.69) is 161 Å². The van der Waals surface area contributed by atoms with E-state index in [0.29, 0.717) is 5.89 Å². The summed E-state index contributed by atoms with van der Waals surface area (Å²) >= 11 is 0. The van der Waals surface area contributed by atoms with Crippen LogP contribution in [0.4, 0.5) is 17.1 Å². The van der Waals surface area contributed by atoms with E-state index in [0.717, 1.165) is 39.4 Å². The first-order valence-electron chi connectivity index (χ1n) is 15.8. The second-order valence-corrected chi connectivity index (χ2v) is 11.7. The molecule has 0 saturated heterocycles. The van der Waals surface area contributed by atoms with Crippen LogP contribution in [0.2, 0.25) is 0 Å². The Morgan fingerprint density at radius 1 is 0.447 bits per heavy atom. The fraction of sp³-hybridized carbons (Fsp3) is 0. The molecule has 0 amide bonds. The van der Waals surface area contributed by atoms with Gasteiger partial charge in [0.2, 0.25) is 5.89 Å². The molecule has 222 valence electrons. The molecule has 7 aromatic carbocycles. The summed E-state index contributed by atoms with van der Waals surface area (Å²) in [5.74, 6) is 0.620. The Morgan fingerprint density at radius 2 is 1.11 bits per heavy atom. The third kappa shape index (κ3) is 4.75. The first-order chi connectivity index (χ1) is 23.3. The third-order valence-electron chi connectivity index (χ3n) is 8.81. The standard InChI is InChI=1S/C43H29N3O/c1-3-12-30(13-4-1)32-14-11-17-35(28-32)46-40-20-9-7-18-37(40)38-29-36(26-27-41(38)46)45(33-15-5-2-6-16-33)34-24-22-31(23-25-34)43-44-39-19-8-10-21-42(39)47-43/h1-29H. The minimum atomic E-state index is 0.620.